The quantitative estimate of drug-likeness (QED) is 0.133. The molecule has 1 aliphatic heterocycles. The van der Waals surface area contributed by atoms with Gasteiger partial charge in [-0.3, -0.25) is 19.2 Å². The number of aromatic amines is 1. The highest BCUT2D eigenvalue weighted by Gasteiger charge is 2.39. The third-order valence-electron chi connectivity index (χ3n) is 5.99. The van der Waals surface area contributed by atoms with E-state index in [2.05, 4.69) is 20.6 Å². The molecule has 1 saturated heterocycles. The Morgan fingerprint density at radius 3 is 2.50 bits per heavy atom. The number of unbranched alkanes of at least 4 members (excludes halogenated alkanes) is 1. The predicted molar refractivity (Wildman–Crippen MR) is 126 cm³/mol. The molecule has 0 saturated carbocycles. The lowest BCUT2D eigenvalue weighted by Crippen LogP contribution is -2.57. The van der Waals surface area contributed by atoms with Crippen molar-refractivity contribution in [3.63, 3.8) is 0 Å². The number of nitrogens with one attached hydrogen (secondary N) is 3. The Balaban J connectivity index is 2.08. The molecule has 200 valence electrons. The average Bonchev–Trinajstić information content (AvgIpc) is 3.52. The van der Waals surface area contributed by atoms with Crippen LogP contribution in [-0.2, 0) is 30.4 Å². The molecule has 9 N–H and O–H groups in total. The van der Waals surface area contributed by atoms with E-state index in [0.29, 0.717) is 44.3 Å². The summed E-state index contributed by atoms with van der Waals surface area (Å²) in [6.07, 6.45) is 4.79. The average molecular weight is 510 g/mol. The fraction of sp³-hybridized carbons (Fsp3) is 0.636. The minimum Gasteiger partial charge on any atom is -0.481 e. The number of rotatable bonds is 15. The fourth-order valence-corrected chi connectivity index (χ4v) is 4.05. The highest BCUT2D eigenvalue weighted by atomic mass is 16.4. The van der Waals surface area contributed by atoms with Crippen molar-refractivity contribution < 1.29 is 34.2 Å². The number of hydrogen-bond acceptors (Lipinski definition) is 8. The smallest absolute Gasteiger partial charge is 0.326 e. The molecule has 0 radical (unpaired) electrons. The summed E-state index contributed by atoms with van der Waals surface area (Å²) in [4.78, 5) is 69.4. The van der Waals surface area contributed by atoms with Crippen LogP contribution in [0, 0.1) is 0 Å². The number of amides is 3. The van der Waals surface area contributed by atoms with Crippen molar-refractivity contribution >= 4 is 29.7 Å². The third kappa shape index (κ3) is 8.61. The first-order valence-corrected chi connectivity index (χ1v) is 11.9. The highest BCUT2D eigenvalue weighted by molar-refractivity contribution is 5.94. The Morgan fingerprint density at radius 2 is 1.89 bits per heavy atom. The van der Waals surface area contributed by atoms with Gasteiger partial charge in [0, 0.05) is 31.3 Å². The van der Waals surface area contributed by atoms with Gasteiger partial charge in [-0.25, -0.2) is 9.78 Å². The van der Waals surface area contributed by atoms with Crippen molar-refractivity contribution in [2.45, 2.75) is 75.5 Å². The molecule has 4 unspecified atom stereocenters. The van der Waals surface area contributed by atoms with E-state index >= 15 is 0 Å². The molecule has 4 atom stereocenters. The summed E-state index contributed by atoms with van der Waals surface area (Å²) in [7, 11) is 0. The van der Waals surface area contributed by atoms with Gasteiger partial charge in [-0.15, -0.1) is 0 Å². The molecular weight excluding hydrogens is 474 g/mol. The number of hydrogen-bond donors (Lipinski definition) is 7. The number of aromatic nitrogens is 2. The van der Waals surface area contributed by atoms with Crippen LogP contribution in [0.1, 0.15) is 50.6 Å². The van der Waals surface area contributed by atoms with E-state index < -0.39 is 60.2 Å². The Morgan fingerprint density at radius 1 is 1.14 bits per heavy atom. The summed E-state index contributed by atoms with van der Waals surface area (Å²) in [5.74, 6) is -4.23. The van der Waals surface area contributed by atoms with Crippen LogP contribution in [-0.4, -0.2) is 92.0 Å². The van der Waals surface area contributed by atoms with Crippen LogP contribution in [0.15, 0.2) is 12.5 Å². The number of imidazole rings is 1. The lowest BCUT2D eigenvalue weighted by atomic mass is 10.1. The second kappa shape index (κ2) is 14.1. The number of H-pyrrole nitrogens is 1. The maximum Gasteiger partial charge on any atom is 0.326 e. The number of aliphatic carboxylic acids is 2. The first-order valence-electron chi connectivity index (χ1n) is 11.9. The van der Waals surface area contributed by atoms with Crippen LogP contribution < -0.4 is 22.1 Å². The van der Waals surface area contributed by atoms with Gasteiger partial charge >= 0.3 is 11.9 Å². The maximum absolute atomic E-state index is 13.4. The molecule has 14 nitrogen and oxygen atoms in total. The van der Waals surface area contributed by atoms with Gasteiger partial charge < -0.3 is 42.2 Å². The first-order chi connectivity index (χ1) is 17.1. The second-order valence-electron chi connectivity index (χ2n) is 8.75. The molecule has 3 amide bonds. The van der Waals surface area contributed by atoms with Crippen LogP contribution in [0.5, 0.6) is 0 Å². The van der Waals surface area contributed by atoms with Crippen molar-refractivity contribution in [3.8, 4) is 0 Å². The summed E-state index contributed by atoms with van der Waals surface area (Å²) in [5.41, 5.74) is 12.2. The zero-order valence-electron chi connectivity index (χ0n) is 20.0. The predicted octanol–water partition coefficient (Wildman–Crippen LogP) is -1.68. The Kier molecular flexibility index (Phi) is 11.3. The Labute approximate surface area is 208 Å². The van der Waals surface area contributed by atoms with E-state index in [1.54, 1.807) is 6.20 Å². The zero-order chi connectivity index (χ0) is 26.7. The number of nitrogens with zero attached hydrogens (tertiary/aromatic N) is 2. The van der Waals surface area contributed by atoms with Crippen molar-refractivity contribution in [2.24, 2.45) is 11.5 Å². The Bertz CT molecular complexity index is 909. The van der Waals surface area contributed by atoms with Crippen molar-refractivity contribution in [3.05, 3.63) is 18.2 Å². The summed E-state index contributed by atoms with van der Waals surface area (Å²) in [6, 6.07) is -4.20. The molecule has 0 aliphatic carbocycles. The molecule has 2 rings (SSSR count). The molecule has 36 heavy (non-hydrogen) atoms. The van der Waals surface area contributed by atoms with E-state index in [-0.39, 0.29) is 19.4 Å². The zero-order valence-corrected chi connectivity index (χ0v) is 20.0. The molecule has 0 bridgehead atoms. The van der Waals surface area contributed by atoms with Crippen LogP contribution in [0.25, 0.3) is 0 Å². The van der Waals surface area contributed by atoms with Gasteiger partial charge in [-0.1, -0.05) is 0 Å². The molecular formula is C22H35N7O7. The standard InChI is InChI=1S/C22H35N7O7/c23-8-2-1-4-15(27-19(32)14(24)10-13-11-25-12-26-13)21(34)29-9-3-5-17(29)20(33)28-16(22(35)36)6-7-18(30)31/h11-12,14-17H,1-10,23-24H2,(H,25,26)(H,27,32)(H,28,33)(H,30,31)(H,35,36). The van der Waals surface area contributed by atoms with E-state index in [9.17, 15) is 29.1 Å². The summed E-state index contributed by atoms with van der Waals surface area (Å²) in [5, 5.41) is 23.2. The van der Waals surface area contributed by atoms with Crippen LogP contribution >= 0.6 is 0 Å². The number of carboxylic acid groups (broad SMARTS) is 2. The summed E-state index contributed by atoms with van der Waals surface area (Å²) < 4.78 is 0. The maximum atomic E-state index is 13.4. The number of carbonyl (C=O) groups is 5. The molecule has 1 aromatic heterocycles. The molecule has 14 heteroatoms. The molecule has 2 heterocycles. The van der Waals surface area contributed by atoms with Crippen molar-refractivity contribution in [1.82, 2.24) is 25.5 Å². The largest absolute Gasteiger partial charge is 0.481 e. The molecule has 1 aliphatic rings. The molecule has 1 fully saturated rings. The molecule has 0 spiro atoms. The van der Waals surface area contributed by atoms with Crippen LogP contribution in [0.4, 0.5) is 0 Å². The third-order valence-corrected chi connectivity index (χ3v) is 5.99. The number of likely N-dealkylation sites (tertiary alicyclic amines) is 1. The summed E-state index contributed by atoms with van der Waals surface area (Å²) in [6.45, 7) is 0.670. The topological polar surface area (TPSA) is 234 Å². The van der Waals surface area contributed by atoms with Crippen LogP contribution in [0.2, 0.25) is 0 Å². The minimum absolute atomic E-state index is 0.192. The van der Waals surface area contributed by atoms with Gasteiger partial charge in [0.1, 0.15) is 18.1 Å². The van der Waals surface area contributed by atoms with Gasteiger partial charge in [0.05, 0.1) is 12.4 Å². The van der Waals surface area contributed by atoms with E-state index in [1.165, 1.54) is 11.2 Å². The monoisotopic (exact) mass is 509 g/mol. The van der Waals surface area contributed by atoms with E-state index in [1.807, 2.05) is 0 Å². The lowest BCUT2D eigenvalue weighted by molar-refractivity contribution is -0.145. The van der Waals surface area contributed by atoms with Crippen LogP contribution in [0.3, 0.4) is 0 Å². The minimum atomic E-state index is -1.40. The van der Waals surface area contributed by atoms with E-state index in [0.717, 1.165) is 0 Å². The second-order valence-corrected chi connectivity index (χ2v) is 8.75. The van der Waals surface area contributed by atoms with Gasteiger partial charge in [-0.2, -0.15) is 0 Å². The van der Waals surface area contributed by atoms with Gasteiger partial charge in [0.15, 0.2) is 0 Å². The van der Waals surface area contributed by atoms with Crippen molar-refractivity contribution in [2.75, 3.05) is 13.1 Å². The Hall–Kier alpha value is -3.52. The van der Waals surface area contributed by atoms with Crippen molar-refractivity contribution in [1.29, 1.82) is 0 Å². The highest BCUT2D eigenvalue weighted by Crippen LogP contribution is 2.20. The van der Waals surface area contributed by atoms with E-state index in [4.69, 9.17) is 16.6 Å². The van der Waals surface area contributed by atoms with Gasteiger partial charge in [0.25, 0.3) is 0 Å². The number of carboxylic acids is 2. The fourth-order valence-electron chi connectivity index (χ4n) is 4.05. The number of carbonyl (C=O) groups excluding carboxylic acids is 3. The first kappa shape index (κ1) is 28.7. The number of nitrogens with two attached hydrogens (primary N) is 2. The van der Waals surface area contributed by atoms with Gasteiger partial charge in [-0.05, 0) is 45.1 Å². The SMILES string of the molecule is NCCCCC(NC(=O)C(N)Cc1cnc[nH]1)C(=O)N1CCCC1C(=O)NC(CCC(=O)O)C(=O)O. The summed E-state index contributed by atoms with van der Waals surface area (Å²) >= 11 is 0. The lowest BCUT2D eigenvalue weighted by Gasteiger charge is -2.30. The molecule has 0 aromatic carbocycles. The van der Waals surface area contributed by atoms with Gasteiger partial charge in [0.2, 0.25) is 17.7 Å². The normalized spacial score (nSPS) is 17.7. The molecule has 1 aromatic rings.